The standard InChI is InChI=1S/C20H25Cl2NO3S/c1-13-4-6-14(7-5-13)11-23(15-8-9-27(25,26)12-15)19(24)18-16(10-17(21)22)20(18,2)3/h4-7,10,15-16,18H,8-9,11-12H2,1-3H3/t15-,16-,18-/m0/s1. The fourth-order valence-corrected chi connectivity index (χ4v) is 6.08. The summed E-state index contributed by atoms with van der Waals surface area (Å²) in [6.07, 6.45) is 2.21. The molecule has 1 heterocycles. The first-order valence-electron chi connectivity index (χ1n) is 9.10. The van der Waals surface area contributed by atoms with Gasteiger partial charge >= 0.3 is 0 Å². The second-order valence-corrected chi connectivity index (χ2v) is 11.5. The second-order valence-electron chi connectivity index (χ2n) is 8.29. The average molecular weight is 430 g/mol. The third-order valence-corrected chi connectivity index (χ3v) is 7.89. The lowest BCUT2D eigenvalue weighted by Gasteiger charge is -2.29. The molecule has 0 aromatic heterocycles. The molecule has 1 saturated heterocycles. The average Bonchev–Trinajstić information content (AvgIpc) is 2.90. The number of hydrogen-bond donors (Lipinski definition) is 0. The number of nitrogens with zero attached hydrogens (tertiary/aromatic N) is 1. The Hall–Kier alpha value is -1.04. The highest BCUT2D eigenvalue weighted by Crippen LogP contribution is 2.60. The number of carbonyl (C=O) groups is 1. The molecule has 0 N–H and O–H groups in total. The van der Waals surface area contributed by atoms with E-state index in [4.69, 9.17) is 23.2 Å². The lowest BCUT2D eigenvalue weighted by Crippen LogP contribution is -2.42. The number of allylic oxidation sites excluding steroid dienone is 1. The van der Waals surface area contributed by atoms with Crippen molar-refractivity contribution < 1.29 is 13.2 Å². The number of halogens is 2. The van der Waals surface area contributed by atoms with E-state index < -0.39 is 9.84 Å². The monoisotopic (exact) mass is 429 g/mol. The van der Waals surface area contributed by atoms with E-state index in [2.05, 4.69) is 0 Å². The zero-order valence-corrected chi connectivity index (χ0v) is 18.1. The van der Waals surface area contributed by atoms with Crippen molar-refractivity contribution in [1.29, 1.82) is 0 Å². The van der Waals surface area contributed by atoms with Crippen LogP contribution < -0.4 is 0 Å². The number of benzene rings is 1. The zero-order valence-electron chi connectivity index (χ0n) is 15.8. The lowest BCUT2D eigenvalue weighted by molar-refractivity contribution is -0.136. The quantitative estimate of drug-likeness (QED) is 0.707. The molecule has 148 valence electrons. The van der Waals surface area contributed by atoms with Gasteiger partial charge in [0.25, 0.3) is 0 Å². The van der Waals surface area contributed by atoms with Crippen LogP contribution >= 0.6 is 23.2 Å². The van der Waals surface area contributed by atoms with Gasteiger partial charge in [0.2, 0.25) is 5.91 Å². The van der Waals surface area contributed by atoms with Crippen molar-refractivity contribution in [3.63, 3.8) is 0 Å². The van der Waals surface area contributed by atoms with Gasteiger partial charge in [-0.1, -0.05) is 66.9 Å². The van der Waals surface area contributed by atoms with Gasteiger partial charge < -0.3 is 4.90 Å². The molecule has 1 aliphatic heterocycles. The predicted molar refractivity (Wildman–Crippen MR) is 109 cm³/mol. The summed E-state index contributed by atoms with van der Waals surface area (Å²) in [5.74, 6) is -0.111. The summed E-state index contributed by atoms with van der Waals surface area (Å²) in [5, 5.41) is 0. The summed E-state index contributed by atoms with van der Waals surface area (Å²) in [7, 11) is -3.09. The first-order chi connectivity index (χ1) is 12.5. The van der Waals surface area contributed by atoms with Crippen molar-refractivity contribution in [2.45, 2.75) is 39.8 Å². The number of carbonyl (C=O) groups excluding carboxylic acids is 1. The first kappa shape index (κ1) is 20.7. The van der Waals surface area contributed by atoms with Gasteiger partial charge in [0.05, 0.1) is 17.4 Å². The molecule has 1 aliphatic carbocycles. The van der Waals surface area contributed by atoms with E-state index in [1.165, 1.54) is 0 Å². The van der Waals surface area contributed by atoms with E-state index in [0.29, 0.717) is 13.0 Å². The molecule has 2 aliphatic rings. The van der Waals surface area contributed by atoms with Crippen LogP contribution in [0.25, 0.3) is 0 Å². The molecule has 3 rings (SSSR count). The van der Waals surface area contributed by atoms with Gasteiger partial charge in [0, 0.05) is 12.6 Å². The van der Waals surface area contributed by atoms with Gasteiger partial charge in [-0.2, -0.15) is 0 Å². The van der Waals surface area contributed by atoms with Crippen molar-refractivity contribution in [3.05, 3.63) is 46.0 Å². The minimum absolute atomic E-state index is 0.0153. The van der Waals surface area contributed by atoms with Gasteiger partial charge in [-0.25, -0.2) is 8.42 Å². The minimum atomic E-state index is -3.09. The Morgan fingerprint density at radius 2 is 1.89 bits per heavy atom. The summed E-state index contributed by atoms with van der Waals surface area (Å²) in [5.41, 5.74) is 1.90. The van der Waals surface area contributed by atoms with Crippen LogP contribution in [-0.2, 0) is 21.2 Å². The van der Waals surface area contributed by atoms with Crippen LogP contribution in [0.5, 0.6) is 0 Å². The fourth-order valence-electron chi connectivity index (χ4n) is 4.07. The number of amides is 1. The summed E-state index contributed by atoms with van der Waals surface area (Å²) < 4.78 is 24.2. The van der Waals surface area contributed by atoms with Gasteiger partial charge in [-0.15, -0.1) is 0 Å². The van der Waals surface area contributed by atoms with Crippen LogP contribution in [0.2, 0.25) is 0 Å². The Morgan fingerprint density at radius 3 is 2.41 bits per heavy atom. The van der Waals surface area contributed by atoms with Crippen LogP contribution in [0.3, 0.4) is 0 Å². The van der Waals surface area contributed by atoms with Crippen molar-refractivity contribution in [3.8, 4) is 0 Å². The summed E-state index contributed by atoms with van der Waals surface area (Å²) >= 11 is 11.6. The van der Waals surface area contributed by atoms with E-state index in [9.17, 15) is 13.2 Å². The second kappa shape index (κ2) is 7.41. The maximum absolute atomic E-state index is 13.4. The molecule has 0 unspecified atom stereocenters. The van der Waals surface area contributed by atoms with Crippen molar-refractivity contribution in [1.82, 2.24) is 4.90 Å². The molecule has 1 aromatic rings. The lowest BCUT2D eigenvalue weighted by atomic mass is 10.1. The molecule has 1 amide bonds. The fraction of sp³-hybridized carbons (Fsp3) is 0.550. The first-order valence-corrected chi connectivity index (χ1v) is 11.7. The molecule has 4 nitrogen and oxygen atoms in total. The largest absolute Gasteiger partial charge is 0.334 e. The molecule has 0 spiro atoms. The summed E-state index contributed by atoms with van der Waals surface area (Å²) in [6, 6.07) is 7.71. The van der Waals surface area contributed by atoms with Gasteiger partial charge in [0.1, 0.15) is 4.49 Å². The Labute approximate surface area is 171 Å². The Bertz CT molecular complexity index is 858. The molecule has 3 atom stereocenters. The number of aryl methyl sites for hydroxylation is 1. The zero-order chi connectivity index (χ0) is 20.0. The van der Waals surface area contributed by atoms with Crippen molar-refractivity contribution >= 4 is 38.9 Å². The molecule has 1 aromatic carbocycles. The molecular weight excluding hydrogens is 405 g/mol. The maximum Gasteiger partial charge on any atom is 0.227 e. The Kier molecular flexibility index (Phi) is 5.68. The number of hydrogen-bond acceptors (Lipinski definition) is 3. The van der Waals surface area contributed by atoms with E-state index in [1.807, 2.05) is 45.0 Å². The van der Waals surface area contributed by atoms with Crippen LogP contribution in [0.4, 0.5) is 0 Å². The van der Waals surface area contributed by atoms with Crippen LogP contribution in [0.1, 0.15) is 31.4 Å². The summed E-state index contributed by atoms with van der Waals surface area (Å²) in [4.78, 5) is 15.2. The molecule has 1 saturated carbocycles. The van der Waals surface area contributed by atoms with Crippen molar-refractivity contribution in [2.75, 3.05) is 11.5 Å². The smallest absolute Gasteiger partial charge is 0.227 e. The molecular formula is C20H25Cl2NO3S. The molecule has 0 bridgehead atoms. The van der Waals surface area contributed by atoms with Crippen molar-refractivity contribution in [2.24, 2.45) is 17.3 Å². The Morgan fingerprint density at radius 1 is 1.26 bits per heavy atom. The van der Waals surface area contributed by atoms with Crippen LogP contribution in [-0.4, -0.2) is 36.8 Å². The highest BCUT2D eigenvalue weighted by atomic mass is 35.5. The normalized spacial score (nSPS) is 27.8. The van der Waals surface area contributed by atoms with E-state index in [0.717, 1.165) is 11.1 Å². The molecule has 2 fully saturated rings. The Balaban J connectivity index is 1.86. The third-order valence-electron chi connectivity index (χ3n) is 5.89. The van der Waals surface area contributed by atoms with Crippen LogP contribution in [0, 0.1) is 24.2 Å². The highest BCUT2D eigenvalue weighted by Gasteiger charge is 2.62. The van der Waals surface area contributed by atoms with E-state index in [1.54, 1.807) is 11.0 Å². The summed E-state index contributed by atoms with van der Waals surface area (Å²) in [6.45, 7) is 6.46. The van der Waals surface area contributed by atoms with Gasteiger partial charge in [-0.05, 0) is 36.3 Å². The molecule has 7 heteroatoms. The topological polar surface area (TPSA) is 54.5 Å². The van der Waals surface area contributed by atoms with E-state index >= 15 is 0 Å². The van der Waals surface area contributed by atoms with Gasteiger partial charge in [0.15, 0.2) is 9.84 Å². The number of rotatable bonds is 5. The maximum atomic E-state index is 13.4. The number of sulfone groups is 1. The van der Waals surface area contributed by atoms with E-state index in [-0.39, 0.29) is 45.2 Å². The van der Waals surface area contributed by atoms with Crippen LogP contribution in [0.15, 0.2) is 34.8 Å². The molecule has 27 heavy (non-hydrogen) atoms. The highest BCUT2D eigenvalue weighted by molar-refractivity contribution is 7.91. The predicted octanol–water partition coefficient (Wildman–Crippen LogP) is 4.10. The SMILES string of the molecule is Cc1ccc(CN(C(=O)[C@@H]2[C@H](C=C(Cl)Cl)C2(C)C)[C@H]2CCS(=O)(=O)C2)cc1. The third kappa shape index (κ3) is 4.52. The van der Waals surface area contributed by atoms with Gasteiger partial charge in [-0.3, -0.25) is 4.79 Å². The minimum Gasteiger partial charge on any atom is -0.334 e. The molecule has 0 radical (unpaired) electrons.